The predicted molar refractivity (Wildman–Crippen MR) is 91.7 cm³/mol. The van der Waals surface area contributed by atoms with E-state index in [0.717, 1.165) is 25.8 Å². The Labute approximate surface area is 143 Å². The summed E-state index contributed by atoms with van der Waals surface area (Å²) in [5, 5.41) is 2.93. The van der Waals surface area contributed by atoms with Crippen molar-refractivity contribution >= 4 is 12.0 Å². The van der Waals surface area contributed by atoms with Crippen LogP contribution < -0.4 is 5.32 Å². The van der Waals surface area contributed by atoms with Crippen LogP contribution in [0.3, 0.4) is 0 Å². The summed E-state index contributed by atoms with van der Waals surface area (Å²) in [5.74, 6) is 0.307. The molecule has 6 heteroatoms. The van der Waals surface area contributed by atoms with Gasteiger partial charge < -0.3 is 15.0 Å². The van der Waals surface area contributed by atoms with E-state index in [4.69, 9.17) is 4.74 Å². The maximum absolute atomic E-state index is 12.2. The largest absolute Gasteiger partial charge is 0.444 e. The van der Waals surface area contributed by atoms with Crippen LogP contribution in [0.15, 0.2) is 24.5 Å². The van der Waals surface area contributed by atoms with Crippen molar-refractivity contribution in [3.63, 3.8) is 0 Å². The van der Waals surface area contributed by atoms with E-state index in [1.807, 2.05) is 20.8 Å². The highest BCUT2D eigenvalue weighted by Crippen LogP contribution is 2.21. The van der Waals surface area contributed by atoms with Gasteiger partial charge in [0.15, 0.2) is 0 Å². The second-order valence-electron chi connectivity index (χ2n) is 7.22. The topological polar surface area (TPSA) is 71.5 Å². The first kappa shape index (κ1) is 18.2. The summed E-state index contributed by atoms with van der Waals surface area (Å²) >= 11 is 0. The third-order valence-electron chi connectivity index (χ3n) is 3.95. The van der Waals surface area contributed by atoms with Gasteiger partial charge in [0.25, 0.3) is 5.91 Å². The van der Waals surface area contributed by atoms with Crippen LogP contribution in [0.5, 0.6) is 0 Å². The van der Waals surface area contributed by atoms with E-state index in [2.05, 4.69) is 10.3 Å². The molecule has 1 saturated heterocycles. The Balaban J connectivity index is 1.75. The molecule has 2 amide bonds. The molecule has 132 valence electrons. The molecule has 24 heavy (non-hydrogen) atoms. The lowest BCUT2D eigenvalue weighted by atomic mass is 9.95. The maximum atomic E-state index is 12.2. The van der Waals surface area contributed by atoms with Gasteiger partial charge in [0.2, 0.25) is 0 Å². The number of amides is 2. The number of hydrogen-bond acceptors (Lipinski definition) is 4. The van der Waals surface area contributed by atoms with Gasteiger partial charge >= 0.3 is 6.09 Å². The Bertz CT molecular complexity index is 554. The van der Waals surface area contributed by atoms with Crippen LogP contribution in [0.25, 0.3) is 0 Å². The van der Waals surface area contributed by atoms with Gasteiger partial charge in [-0.25, -0.2) is 4.79 Å². The molecule has 1 aromatic heterocycles. The van der Waals surface area contributed by atoms with E-state index >= 15 is 0 Å². The predicted octanol–water partition coefficient (Wildman–Crippen LogP) is 2.85. The summed E-state index contributed by atoms with van der Waals surface area (Å²) < 4.78 is 5.44. The van der Waals surface area contributed by atoms with Crippen molar-refractivity contribution in [2.75, 3.05) is 19.6 Å². The lowest BCUT2D eigenvalue weighted by Crippen LogP contribution is -2.43. The minimum absolute atomic E-state index is 0.0859. The molecule has 0 saturated carbocycles. The van der Waals surface area contributed by atoms with Gasteiger partial charge in [-0.3, -0.25) is 9.78 Å². The number of carbonyl (C=O) groups excluding carboxylic acids is 2. The molecule has 1 aliphatic rings. The minimum Gasteiger partial charge on any atom is -0.444 e. The van der Waals surface area contributed by atoms with Crippen molar-refractivity contribution in [1.29, 1.82) is 0 Å². The number of nitrogens with one attached hydrogen (secondary N) is 1. The Morgan fingerprint density at radius 2 is 2.04 bits per heavy atom. The van der Waals surface area contributed by atoms with E-state index in [1.54, 1.807) is 29.4 Å². The van der Waals surface area contributed by atoms with Gasteiger partial charge in [0.1, 0.15) is 5.60 Å². The second kappa shape index (κ2) is 8.13. The molecule has 2 rings (SSSR count). The molecule has 0 aliphatic carbocycles. The van der Waals surface area contributed by atoms with Crippen molar-refractivity contribution in [1.82, 2.24) is 15.2 Å². The van der Waals surface area contributed by atoms with E-state index in [9.17, 15) is 9.59 Å². The van der Waals surface area contributed by atoms with Crippen LogP contribution in [0.1, 0.15) is 50.4 Å². The average Bonchev–Trinajstić information content (AvgIpc) is 2.54. The van der Waals surface area contributed by atoms with Crippen molar-refractivity contribution in [3.05, 3.63) is 30.1 Å². The number of piperidine rings is 1. The Morgan fingerprint density at radius 3 is 2.71 bits per heavy atom. The highest BCUT2D eigenvalue weighted by molar-refractivity contribution is 5.93. The average molecular weight is 333 g/mol. The molecule has 1 aromatic rings. The molecule has 0 radical (unpaired) electrons. The Hall–Kier alpha value is -2.11. The molecule has 2 heterocycles. The third kappa shape index (κ3) is 5.83. The first-order chi connectivity index (χ1) is 11.3. The number of ether oxygens (including phenoxy) is 1. The fourth-order valence-corrected chi connectivity index (χ4v) is 2.79. The van der Waals surface area contributed by atoms with Crippen LogP contribution in [0.4, 0.5) is 4.79 Å². The fraction of sp³-hybridized carbons (Fsp3) is 0.611. The van der Waals surface area contributed by atoms with Gasteiger partial charge in [-0.1, -0.05) is 0 Å². The molecule has 1 aliphatic heterocycles. The van der Waals surface area contributed by atoms with Crippen LogP contribution >= 0.6 is 0 Å². The van der Waals surface area contributed by atoms with Gasteiger partial charge in [0, 0.05) is 37.6 Å². The summed E-state index contributed by atoms with van der Waals surface area (Å²) in [6, 6.07) is 3.39. The van der Waals surface area contributed by atoms with Crippen molar-refractivity contribution in [2.24, 2.45) is 5.92 Å². The first-order valence-corrected chi connectivity index (χ1v) is 8.51. The number of aromatic nitrogens is 1. The lowest BCUT2D eigenvalue weighted by Gasteiger charge is -2.34. The molecule has 1 fully saturated rings. The first-order valence-electron chi connectivity index (χ1n) is 8.51. The standard InChI is InChI=1S/C18H27N3O3/c1-18(2,3)24-17(23)21-12-4-5-14(13-21)6-11-20-16(22)15-7-9-19-10-8-15/h7-10,14H,4-6,11-13H2,1-3H3,(H,20,22). The quantitative estimate of drug-likeness (QED) is 0.920. The van der Waals surface area contributed by atoms with Crippen LogP contribution in [-0.2, 0) is 4.74 Å². The summed E-state index contributed by atoms with van der Waals surface area (Å²) in [7, 11) is 0. The van der Waals surface area contributed by atoms with Gasteiger partial charge in [-0.2, -0.15) is 0 Å². The smallest absolute Gasteiger partial charge is 0.410 e. The molecule has 0 spiro atoms. The number of carbonyl (C=O) groups is 2. The van der Waals surface area contributed by atoms with E-state index in [0.29, 0.717) is 24.6 Å². The number of nitrogens with zero attached hydrogens (tertiary/aromatic N) is 2. The van der Waals surface area contributed by atoms with Crippen LogP contribution in [-0.4, -0.2) is 47.1 Å². The zero-order valence-electron chi connectivity index (χ0n) is 14.7. The van der Waals surface area contributed by atoms with Crippen LogP contribution in [0, 0.1) is 5.92 Å². The fourth-order valence-electron chi connectivity index (χ4n) is 2.79. The monoisotopic (exact) mass is 333 g/mol. The van der Waals surface area contributed by atoms with Crippen LogP contribution in [0.2, 0.25) is 0 Å². The lowest BCUT2D eigenvalue weighted by molar-refractivity contribution is 0.0161. The van der Waals surface area contributed by atoms with Crippen molar-refractivity contribution < 1.29 is 14.3 Å². The molecular formula is C18H27N3O3. The molecule has 1 unspecified atom stereocenters. The third-order valence-corrected chi connectivity index (χ3v) is 3.95. The normalized spacial score (nSPS) is 18.1. The number of likely N-dealkylation sites (tertiary alicyclic amines) is 1. The van der Waals surface area contributed by atoms with E-state index in [-0.39, 0.29) is 12.0 Å². The minimum atomic E-state index is -0.470. The molecule has 0 aromatic carbocycles. The maximum Gasteiger partial charge on any atom is 0.410 e. The van der Waals surface area contributed by atoms with E-state index < -0.39 is 5.60 Å². The highest BCUT2D eigenvalue weighted by Gasteiger charge is 2.27. The van der Waals surface area contributed by atoms with Crippen molar-refractivity contribution in [3.8, 4) is 0 Å². The summed E-state index contributed by atoms with van der Waals surface area (Å²) in [5.41, 5.74) is 0.145. The van der Waals surface area contributed by atoms with Crippen molar-refractivity contribution in [2.45, 2.75) is 45.6 Å². The van der Waals surface area contributed by atoms with E-state index in [1.165, 1.54) is 0 Å². The SMILES string of the molecule is CC(C)(C)OC(=O)N1CCCC(CCNC(=O)c2ccncc2)C1. The Morgan fingerprint density at radius 1 is 1.33 bits per heavy atom. The Kier molecular flexibility index (Phi) is 6.17. The van der Waals surface area contributed by atoms with Gasteiger partial charge in [-0.05, 0) is 58.1 Å². The molecular weight excluding hydrogens is 306 g/mol. The number of hydrogen-bond donors (Lipinski definition) is 1. The summed E-state index contributed by atoms with van der Waals surface area (Å²) in [4.78, 5) is 29.8. The molecule has 6 nitrogen and oxygen atoms in total. The molecule has 1 N–H and O–H groups in total. The molecule has 0 bridgehead atoms. The zero-order valence-corrected chi connectivity index (χ0v) is 14.7. The number of rotatable bonds is 4. The summed E-state index contributed by atoms with van der Waals surface area (Å²) in [6.07, 6.45) is 5.87. The zero-order chi connectivity index (χ0) is 17.6. The number of pyridine rings is 1. The second-order valence-corrected chi connectivity index (χ2v) is 7.22. The molecule has 1 atom stereocenters. The van der Waals surface area contributed by atoms with Gasteiger partial charge in [0.05, 0.1) is 0 Å². The highest BCUT2D eigenvalue weighted by atomic mass is 16.6. The summed E-state index contributed by atoms with van der Waals surface area (Å²) in [6.45, 7) is 7.67. The van der Waals surface area contributed by atoms with Gasteiger partial charge in [-0.15, -0.1) is 0 Å².